The van der Waals surface area contributed by atoms with Crippen molar-refractivity contribution in [2.75, 3.05) is 20.2 Å². The molecule has 3 nitrogen and oxygen atoms in total. The summed E-state index contributed by atoms with van der Waals surface area (Å²) < 4.78 is 46.9. The number of benzene rings is 3. The van der Waals surface area contributed by atoms with Crippen LogP contribution in [0.4, 0.5) is 0 Å². The van der Waals surface area contributed by atoms with Gasteiger partial charge in [-0.05, 0) is 65.5 Å². The minimum Gasteiger partial charge on any atom is -0.508 e. The molecule has 0 amide bonds. The minimum absolute atomic E-state index is 0.00104. The van der Waals surface area contributed by atoms with Crippen LogP contribution in [0, 0.1) is 0 Å². The average Bonchev–Trinajstić information content (AvgIpc) is 2.78. The van der Waals surface area contributed by atoms with E-state index >= 15 is 0 Å². The molecule has 0 aliphatic heterocycles. The molecule has 0 heterocycles. The zero-order valence-electron chi connectivity index (χ0n) is 20.8. The molecular formula is C25H27NO2. The summed E-state index contributed by atoms with van der Waals surface area (Å²) in [6.07, 6.45) is -2.67. The number of allylic oxidation sites excluding steroid dienone is 1. The number of likely N-dealkylation sites (N-methyl/N-ethyl adjacent to an activating group) is 1. The van der Waals surface area contributed by atoms with Gasteiger partial charge in [-0.3, -0.25) is 0 Å². The topological polar surface area (TPSA) is 41.5 Å². The van der Waals surface area contributed by atoms with E-state index in [9.17, 15) is 5.11 Å². The predicted octanol–water partition coefficient (Wildman–Crippen LogP) is 5.36. The maximum absolute atomic E-state index is 10.1. The van der Waals surface area contributed by atoms with Crippen LogP contribution >= 0.6 is 0 Å². The lowest BCUT2D eigenvalue weighted by Gasteiger charge is -2.17. The summed E-state index contributed by atoms with van der Waals surface area (Å²) in [5, 5.41) is 13.1. The standard InChI is InChI=1S/C25H27NO2/c1-3-24(19-8-5-4-6-9-19)25(21-10-7-11-22(27)18-21)20-12-14-23(15-13-20)28-17-16-26-2/h4-15,18,26-27H,3,16-17H2,1-2H3/b25-24-/i1D3,3D2. The van der Waals surface area contributed by atoms with E-state index in [0.29, 0.717) is 41.2 Å². The smallest absolute Gasteiger partial charge is 0.119 e. The van der Waals surface area contributed by atoms with Gasteiger partial charge in [-0.2, -0.15) is 0 Å². The fraction of sp³-hybridized carbons (Fsp3) is 0.200. The van der Waals surface area contributed by atoms with E-state index in [1.165, 1.54) is 12.1 Å². The highest BCUT2D eigenvalue weighted by Gasteiger charge is 2.13. The van der Waals surface area contributed by atoms with Crippen LogP contribution in [0.3, 0.4) is 0 Å². The highest BCUT2D eigenvalue weighted by Crippen LogP contribution is 2.35. The molecule has 0 aliphatic rings. The Kier molecular flexibility index (Phi) is 4.89. The van der Waals surface area contributed by atoms with Crippen LogP contribution in [0.15, 0.2) is 78.9 Å². The second-order valence-corrected chi connectivity index (χ2v) is 6.27. The molecule has 0 unspecified atom stereocenters. The lowest BCUT2D eigenvalue weighted by molar-refractivity contribution is 0.318. The molecule has 3 heteroatoms. The molecule has 0 aliphatic carbocycles. The number of ether oxygens (including phenoxy) is 1. The molecule has 3 rings (SSSR count). The van der Waals surface area contributed by atoms with Crippen molar-refractivity contribution in [1.82, 2.24) is 5.32 Å². The van der Waals surface area contributed by atoms with Gasteiger partial charge in [-0.1, -0.05) is 61.4 Å². The Balaban J connectivity index is 2.30. The van der Waals surface area contributed by atoms with E-state index < -0.39 is 13.2 Å². The lowest BCUT2D eigenvalue weighted by atomic mass is 9.88. The molecule has 144 valence electrons. The first-order valence-electron chi connectivity index (χ1n) is 11.6. The van der Waals surface area contributed by atoms with Gasteiger partial charge in [0.1, 0.15) is 18.1 Å². The Hall–Kier alpha value is -3.04. The van der Waals surface area contributed by atoms with Crippen LogP contribution in [0.1, 0.15) is 36.8 Å². The van der Waals surface area contributed by atoms with Crippen LogP contribution in [-0.2, 0) is 0 Å². The van der Waals surface area contributed by atoms with Gasteiger partial charge >= 0.3 is 0 Å². The Labute approximate surface area is 174 Å². The fourth-order valence-electron chi connectivity index (χ4n) is 2.99. The van der Waals surface area contributed by atoms with Gasteiger partial charge < -0.3 is 15.2 Å². The molecule has 0 saturated carbocycles. The number of aromatic hydroxyl groups is 1. The molecule has 0 fully saturated rings. The molecule has 0 saturated heterocycles. The molecule has 3 aromatic rings. The monoisotopic (exact) mass is 378 g/mol. The molecule has 0 spiro atoms. The van der Waals surface area contributed by atoms with Crippen molar-refractivity contribution in [2.45, 2.75) is 13.2 Å². The number of phenolic OH excluding ortho intramolecular Hbond substituents is 1. The second kappa shape index (κ2) is 9.77. The first-order chi connectivity index (χ1) is 15.6. The fourth-order valence-corrected chi connectivity index (χ4v) is 2.99. The van der Waals surface area contributed by atoms with Crippen molar-refractivity contribution in [2.24, 2.45) is 0 Å². The van der Waals surface area contributed by atoms with Crippen molar-refractivity contribution in [3.8, 4) is 11.5 Å². The molecule has 3 aromatic carbocycles. The van der Waals surface area contributed by atoms with Gasteiger partial charge in [0, 0.05) is 13.4 Å². The van der Waals surface area contributed by atoms with Gasteiger partial charge in [0.05, 0.1) is 0 Å². The maximum atomic E-state index is 10.1. The first kappa shape index (κ1) is 14.0. The third kappa shape index (κ3) is 4.81. The number of phenols is 1. The molecule has 2 N–H and O–H groups in total. The highest BCUT2D eigenvalue weighted by molar-refractivity contribution is 5.98. The number of nitrogens with one attached hydrogen (secondary N) is 1. The molecule has 0 bridgehead atoms. The Bertz CT molecular complexity index is 1090. The van der Waals surface area contributed by atoms with Crippen LogP contribution in [0.5, 0.6) is 11.5 Å². The summed E-state index contributed by atoms with van der Waals surface area (Å²) in [5.74, 6) is 0.642. The molecular weight excluding hydrogens is 346 g/mol. The Morgan fingerprint density at radius 3 is 2.39 bits per heavy atom. The number of rotatable bonds is 8. The maximum Gasteiger partial charge on any atom is 0.119 e. The van der Waals surface area contributed by atoms with E-state index in [0.717, 1.165) is 0 Å². The summed E-state index contributed by atoms with van der Waals surface area (Å²) in [6.45, 7) is -1.74. The van der Waals surface area contributed by atoms with Crippen LogP contribution in [0.25, 0.3) is 11.1 Å². The summed E-state index contributed by atoms with van der Waals surface area (Å²) in [6, 6.07) is 22.1. The van der Waals surface area contributed by atoms with Crippen molar-refractivity contribution >= 4 is 11.1 Å². The molecule has 0 radical (unpaired) electrons. The van der Waals surface area contributed by atoms with Crippen molar-refractivity contribution in [3.63, 3.8) is 0 Å². The summed E-state index contributed by atoms with van der Waals surface area (Å²) in [7, 11) is 1.84. The van der Waals surface area contributed by atoms with E-state index in [-0.39, 0.29) is 11.3 Å². The third-order valence-electron chi connectivity index (χ3n) is 4.34. The lowest BCUT2D eigenvalue weighted by Crippen LogP contribution is -2.15. The van der Waals surface area contributed by atoms with Crippen molar-refractivity contribution < 1.29 is 16.7 Å². The number of hydrogen-bond acceptors (Lipinski definition) is 3. The van der Waals surface area contributed by atoms with Crippen LogP contribution in [-0.4, -0.2) is 25.3 Å². The summed E-state index contributed by atoms with van der Waals surface area (Å²) in [4.78, 5) is 0. The van der Waals surface area contributed by atoms with Gasteiger partial charge in [0.15, 0.2) is 0 Å². The SMILES string of the molecule is [2H]C([2H])([2H])C([2H])([2H])/C(=C(\c1ccc(OCCNC)cc1)c1cccc(O)c1)c1ccccc1. The van der Waals surface area contributed by atoms with E-state index in [1.807, 2.05) is 7.05 Å². The molecule has 28 heavy (non-hydrogen) atoms. The van der Waals surface area contributed by atoms with E-state index in [4.69, 9.17) is 11.6 Å². The van der Waals surface area contributed by atoms with Gasteiger partial charge in [-0.15, -0.1) is 0 Å². The third-order valence-corrected chi connectivity index (χ3v) is 4.34. The Morgan fingerprint density at radius 1 is 0.964 bits per heavy atom. The second-order valence-electron chi connectivity index (χ2n) is 6.27. The zero-order chi connectivity index (χ0) is 24.1. The van der Waals surface area contributed by atoms with Crippen LogP contribution in [0.2, 0.25) is 0 Å². The first-order valence-corrected chi connectivity index (χ1v) is 9.12. The quantitative estimate of drug-likeness (QED) is 0.409. The van der Waals surface area contributed by atoms with Crippen LogP contribution < -0.4 is 10.1 Å². The van der Waals surface area contributed by atoms with E-state index in [1.54, 1.807) is 66.7 Å². The van der Waals surface area contributed by atoms with Crippen molar-refractivity contribution in [3.05, 3.63) is 95.6 Å². The molecule has 0 aromatic heterocycles. The minimum atomic E-state index is -2.92. The molecule has 0 atom stereocenters. The summed E-state index contributed by atoms with van der Waals surface area (Å²) in [5.41, 5.74) is 1.98. The highest BCUT2D eigenvalue weighted by atomic mass is 16.5. The normalized spacial score (nSPS) is 15.4. The number of hydrogen-bond donors (Lipinski definition) is 2. The predicted molar refractivity (Wildman–Crippen MR) is 117 cm³/mol. The zero-order valence-corrected chi connectivity index (χ0v) is 15.8. The van der Waals surface area contributed by atoms with Gasteiger partial charge in [0.25, 0.3) is 0 Å². The van der Waals surface area contributed by atoms with E-state index in [2.05, 4.69) is 5.32 Å². The van der Waals surface area contributed by atoms with Gasteiger partial charge in [0.2, 0.25) is 0 Å². The summed E-state index contributed by atoms with van der Waals surface area (Å²) >= 11 is 0. The Morgan fingerprint density at radius 2 is 1.71 bits per heavy atom. The largest absolute Gasteiger partial charge is 0.508 e. The average molecular weight is 379 g/mol. The van der Waals surface area contributed by atoms with Crippen molar-refractivity contribution in [1.29, 1.82) is 0 Å². The van der Waals surface area contributed by atoms with Gasteiger partial charge in [-0.25, -0.2) is 0 Å².